The van der Waals surface area contributed by atoms with Crippen LogP contribution in [0.2, 0.25) is 0 Å². The zero-order chi connectivity index (χ0) is 9.26. The molecule has 68 valence electrons. The lowest BCUT2D eigenvalue weighted by Gasteiger charge is -2.09. The molecule has 0 unspecified atom stereocenters. The first kappa shape index (κ1) is 8.30. The van der Waals surface area contributed by atoms with Gasteiger partial charge in [-0.15, -0.1) is 0 Å². The Morgan fingerprint density at radius 1 is 1.31 bits per heavy atom. The van der Waals surface area contributed by atoms with Gasteiger partial charge in [-0.05, 0) is 25.5 Å². The standard InChI is InChI=1S/C11H13NO/c1-8(2)13-11-10-6-4-3-5-9(10)7-12-11/h3-6,8H,7H2,1-2H3. The van der Waals surface area contributed by atoms with Crippen molar-refractivity contribution < 1.29 is 4.74 Å². The van der Waals surface area contributed by atoms with Gasteiger partial charge in [0.25, 0.3) is 0 Å². The Balaban J connectivity index is 2.26. The Morgan fingerprint density at radius 3 is 2.85 bits per heavy atom. The molecule has 2 heteroatoms. The Kier molecular flexibility index (Phi) is 2.05. The predicted molar refractivity (Wildman–Crippen MR) is 52.9 cm³/mol. The zero-order valence-electron chi connectivity index (χ0n) is 7.95. The highest BCUT2D eigenvalue weighted by Gasteiger charge is 2.16. The van der Waals surface area contributed by atoms with Gasteiger partial charge in [-0.2, -0.15) is 0 Å². The summed E-state index contributed by atoms with van der Waals surface area (Å²) in [5, 5.41) is 0. The molecule has 0 spiro atoms. The molecule has 0 N–H and O–H groups in total. The molecule has 0 saturated heterocycles. The third-order valence-corrected chi connectivity index (χ3v) is 1.99. The number of nitrogens with zero attached hydrogens (tertiary/aromatic N) is 1. The molecule has 1 aromatic carbocycles. The summed E-state index contributed by atoms with van der Waals surface area (Å²) < 4.78 is 5.59. The first-order chi connectivity index (χ1) is 6.27. The minimum Gasteiger partial charge on any atom is -0.475 e. The molecule has 1 aliphatic heterocycles. The SMILES string of the molecule is CC(C)OC1=NCc2ccccc21. The topological polar surface area (TPSA) is 21.6 Å². The highest BCUT2D eigenvalue weighted by molar-refractivity contribution is 5.97. The van der Waals surface area contributed by atoms with E-state index >= 15 is 0 Å². The molecule has 0 bridgehead atoms. The number of fused-ring (bicyclic) bond motifs is 1. The molecule has 2 rings (SSSR count). The van der Waals surface area contributed by atoms with Crippen LogP contribution in [0.5, 0.6) is 0 Å². The molecule has 0 radical (unpaired) electrons. The molecule has 2 nitrogen and oxygen atoms in total. The number of ether oxygens (including phenoxy) is 1. The maximum absolute atomic E-state index is 5.59. The van der Waals surface area contributed by atoms with Crippen LogP contribution in [0, 0.1) is 0 Å². The van der Waals surface area contributed by atoms with Crippen LogP contribution in [-0.4, -0.2) is 12.0 Å². The molecular formula is C11H13NO. The maximum atomic E-state index is 5.59. The van der Waals surface area contributed by atoms with Gasteiger partial charge in [-0.25, -0.2) is 4.99 Å². The smallest absolute Gasteiger partial charge is 0.217 e. The summed E-state index contributed by atoms with van der Waals surface area (Å²) in [7, 11) is 0. The van der Waals surface area contributed by atoms with E-state index in [1.165, 1.54) is 5.56 Å². The number of hydrogen-bond donors (Lipinski definition) is 0. The van der Waals surface area contributed by atoms with Crippen LogP contribution in [0.3, 0.4) is 0 Å². The summed E-state index contributed by atoms with van der Waals surface area (Å²) in [5.41, 5.74) is 2.41. The van der Waals surface area contributed by atoms with E-state index in [-0.39, 0.29) is 6.10 Å². The number of benzene rings is 1. The fourth-order valence-corrected chi connectivity index (χ4v) is 1.43. The van der Waals surface area contributed by atoms with Crippen LogP contribution in [0.15, 0.2) is 29.3 Å². The van der Waals surface area contributed by atoms with Crippen LogP contribution in [0.1, 0.15) is 25.0 Å². The molecule has 1 heterocycles. The molecule has 0 aromatic heterocycles. The van der Waals surface area contributed by atoms with E-state index in [0.717, 1.165) is 18.0 Å². The van der Waals surface area contributed by atoms with E-state index in [2.05, 4.69) is 17.1 Å². The number of rotatable bonds is 1. The van der Waals surface area contributed by atoms with Crippen LogP contribution in [-0.2, 0) is 11.3 Å². The Bertz CT molecular complexity index is 342. The Hall–Kier alpha value is -1.31. The van der Waals surface area contributed by atoms with Gasteiger partial charge in [0.15, 0.2) is 0 Å². The Morgan fingerprint density at radius 2 is 2.08 bits per heavy atom. The third kappa shape index (κ3) is 1.57. The van der Waals surface area contributed by atoms with Gasteiger partial charge in [0, 0.05) is 5.56 Å². The summed E-state index contributed by atoms with van der Waals surface area (Å²) in [6, 6.07) is 8.20. The third-order valence-electron chi connectivity index (χ3n) is 1.99. The minimum absolute atomic E-state index is 0.199. The second-order valence-corrected chi connectivity index (χ2v) is 3.45. The molecule has 1 aliphatic rings. The summed E-state index contributed by atoms with van der Waals surface area (Å²) >= 11 is 0. The van der Waals surface area contributed by atoms with Crippen molar-refractivity contribution in [3.63, 3.8) is 0 Å². The van der Waals surface area contributed by atoms with Gasteiger partial charge in [0.1, 0.15) is 0 Å². The summed E-state index contributed by atoms with van der Waals surface area (Å²) in [4.78, 5) is 4.34. The lowest BCUT2D eigenvalue weighted by Crippen LogP contribution is -2.10. The molecule has 13 heavy (non-hydrogen) atoms. The number of aliphatic imine (C=N–C) groups is 1. The summed E-state index contributed by atoms with van der Waals surface area (Å²) in [5.74, 6) is 0.797. The average Bonchev–Trinajstić information content (AvgIpc) is 2.48. The molecular weight excluding hydrogens is 162 g/mol. The van der Waals surface area contributed by atoms with E-state index < -0.39 is 0 Å². The van der Waals surface area contributed by atoms with E-state index in [1.807, 2.05) is 26.0 Å². The predicted octanol–water partition coefficient (Wildman–Crippen LogP) is 2.37. The van der Waals surface area contributed by atoms with Crippen molar-refractivity contribution in [1.29, 1.82) is 0 Å². The lowest BCUT2D eigenvalue weighted by molar-refractivity contribution is 0.230. The normalized spacial score (nSPS) is 14.2. The molecule has 0 saturated carbocycles. The van der Waals surface area contributed by atoms with Gasteiger partial charge in [-0.1, -0.05) is 18.2 Å². The molecule has 0 atom stereocenters. The van der Waals surface area contributed by atoms with Crippen LogP contribution >= 0.6 is 0 Å². The molecule has 0 fully saturated rings. The number of hydrogen-bond acceptors (Lipinski definition) is 2. The molecule has 1 aromatic rings. The second kappa shape index (κ2) is 3.21. The van der Waals surface area contributed by atoms with E-state index in [4.69, 9.17) is 4.74 Å². The van der Waals surface area contributed by atoms with E-state index in [0.29, 0.717) is 0 Å². The average molecular weight is 175 g/mol. The minimum atomic E-state index is 0.199. The van der Waals surface area contributed by atoms with Gasteiger partial charge in [-0.3, -0.25) is 0 Å². The first-order valence-corrected chi connectivity index (χ1v) is 4.57. The van der Waals surface area contributed by atoms with Crippen molar-refractivity contribution in [3.05, 3.63) is 35.4 Å². The van der Waals surface area contributed by atoms with Gasteiger partial charge < -0.3 is 4.74 Å². The van der Waals surface area contributed by atoms with Crippen LogP contribution < -0.4 is 0 Å². The summed E-state index contributed by atoms with van der Waals surface area (Å²) in [6.45, 7) is 4.80. The maximum Gasteiger partial charge on any atom is 0.217 e. The van der Waals surface area contributed by atoms with E-state index in [9.17, 15) is 0 Å². The van der Waals surface area contributed by atoms with Crippen molar-refractivity contribution in [3.8, 4) is 0 Å². The lowest BCUT2D eigenvalue weighted by atomic mass is 10.1. The Labute approximate surface area is 78.3 Å². The van der Waals surface area contributed by atoms with Crippen molar-refractivity contribution >= 4 is 5.90 Å². The molecule has 0 amide bonds. The quantitative estimate of drug-likeness (QED) is 0.642. The zero-order valence-corrected chi connectivity index (χ0v) is 7.95. The fraction of sp³-hybridized carbons (Fsp3) is 0.364. The fourth-order valence-electron chi connectivity index (χ4n) is 1.43. The van der Waals surface area contributed by atoms with Crippen molar-refractivity contribution in [2.45, 2.75) is 26.5 Å². The van der Waals surface area contributed by atoms with Crippen molar-refractivity contribution in [2.75, 3.05) is 0 Å². The van der Waals surface area contributed by atoms with Gasteiger partial charge in [0.2, 0.25) is 5.90 Å². The highest BCUT2D eigenvalue weighted by atomic mass is 16.5. The largest absolute Gasteiger partial charge is 0.475 e. The second-order valence-electron chi connectivity index (χ2n) is 3.45. The van der Waals surface area contributed by atoms with Crippen LogP contribution in [0.25, 0.3) is 0 Å². The monoisotopic (exact) mass is 175 g/mol. The highest BCUT2D eigenvalue weighted by Crippen LogP contribution is 2.19. The van der Waals surface area contributed by atoms with Gasteiger partial charge in [0.05, 0.1) is 12.6 Å². The molecule has 0 aliphatic carbocycles. The first-order valence-electron chi connectivity index (χ1n) is 4.57. The van der Waals surface area contributed by atoms with Gasteiger partial charge >= 0.3 is 0 Å². The summed E-state index contributed by atoms with van der Waals surface area (Å²) in [6.07, 6.45) is 0.199. The van der Waals surface area contributed by atoms with E-state index in [1.54, 1.807) is 0 Å². The van der Waals surface area contributed by atoms with Crippen molar-refractivity contribution in [2.24, 2.45) is 4.99 Å². The van der Waals surface area contributed by atoms with Crippen LogP contribution in [0.4, 0.5) is 0 Å². The van der Waals surface area contributed by atoms with Crippen molar-refractivity contribution in [1.82, 2.24) is 0 Å².